The molecule has 2 aromatic rings. The predicted molar refractivity (Wildman–Crippen MR) is 88.5 cm³/mol. The van der Waals surface area contributed by atoms with E-state index in [1.54, 1.807) is 0 Å². The Balaban J connectivity index is 2.47. The normalized spacial score (nSPS) is 12.5. The third-order valence-electron chi connectivity index (χ3n) is 2.89. The molecule has 1 atom stereocenters. The second kappa shape index (κ2) is 5.89. The molecule has 2 rings (SSSR count). The lowest BCUT2D eigenvalue weighted by atomic mass is 9.98. The number of rotatable bonds is 2. The zero-order valence-electron chi connectivity index (χ0n) is 10.2. The molecule has 0 aliphatic carbocycles. The summed E-state index contributed by atoms with van der Waals surface area (Å²) in [5.41, 5.74) is 5.15. The van der Waals surface area contributed by atoms with E-state index in [1.807, 2.05) is 6.07 Å². The van der Waals surface area contributed by atoms with E-state index in [2.05, 4.69) is 92.0 Å². The maximum atomic E-state index is 3.81. The van der Waals surface area contributed by atoms with Crippen molar-refractivity contribution in [1.82, 2.24) is 0 Å². The Kier molecular flexibility index (Phi) is 4.68. The molecular formula is C15H13Br3. The van der Waals surface area contributed by atoms with Gasteiger partial charge in [0, 0.05) is 8.95 Å². The van der Waals surface area contributed by atoms with E-state index < -0.39 is 0 Å². The van der Waals surface area contributed by atoms with Gasteiger partial charge in [-0.05, 0) is 48.7 Å². The summed E-state index contributed by atoms with van der Waals surface area (Å²) in [7, 11) is 0. The average molecular weight is 433 g/mol. The third-order valence-corrected chi connectivity index (χ3v) is 4.82. The van der Waals surface area contributed by atoms with Gasteiger partial charge in [-0.2, -0.15) is 0 Å². The Hall–Kier alpha value is -0.120. The lowest BCUT2D eigenvalue weighted by Gasteiger charge is -2.15. The van der Waals surface area contributed by atoms with Crippen LogP contribution in [0.15, 0.2) is 45.3 Å². The zero-order valence-corrected chi connectivity index (χ0v) is 14.9. The van der Waals surface area contributed by atoms with Crippen LogP contribution in [-0.4, -0.2) is 0 Å². The molecule has 0 bridgehead atoms. The van der Waals surface area contributed by atoms with Gasteiger partial charge in [0.1, 0.15) is 0 Å². The second-order valence-electron chi connectivity index (χ2n) is 4.43. The molecule has 0 nitrogen and oxygen atoms in total. The van der Waals surface area contributed by atoms with Crippen LogP contribution < -0.4 is 0 Å². The first-order valence-corrected chi connectivity index (χ1v) is 8.15. The minimum atomic E-state index is 0.214. The van der Waals surface area contributed by atoms with E-state index in [1.165, 1.54) is 22.3 Å². The highest BCUT2D eigenvalue weighted by atomic mass is 79.9. The highest BCUT2D eigenvalue weighted by molar-refractivity contribution is 9.11. The van der Waals surface area contributed by atoms with E-state index in [-0.39, 0.29) is 4.83 Å². The van der Waals surface area contributed by atoms with Crippen molar-refractivity contribution in [2.24, 2.45) is 0 Å². The van der Waals surface area contributed by atoms with Crippen LogP contribution in [0.25, 0.3) is 0 Å². The van der Waals surface area contributed by atoms with Gasteiger partial charge in [0.2, 0.25) is 0 Å². The first-order valence-electron chi connectivity index (χ1n) is 5.64. The van der Waals surface area contributed by atoms with Crippen LogP contribution in [0.5, 0.6) is 0 Å². The number of benzene rings is 2. The van der Waals surface area contributed by atoms with Crippen LogP contribution in [0.2, 0.25) is 0 Å². The first-order chi connectivity index (χ1) is 8.47. The van der Waals surface area contributed by atoms with E-state index >= 15 is 0 Å². The molecule has 0 amide bonds. The van der Waals surface area contributed by atoms with Crippen molar-refractivity contribution in [1.29, 1.82) is 0 Å². The monoisotopic (exact) mass is 430 g/mol. The fourth-order valence-electron chi connectivity index (χ4n) is 1.93. The number of aryl methyl sites for hydroxylation is 2. The van der Waals surface area contributed by atoms with E-state index in [0.717, 1.165) is 8.95 Å². The first kappa shape index (κ1) is 14.3. The highest BCUT2D eigenvalue weighted by Crippen LogP contribution is 2.36. The number of hydrogen-bond donors (Lipinski definition) is 0. The molecule has 3 heteroatoms. The van der Waals surface area contributed by atoms with Crippen molar-refractivity contribution in [3.8, 4) is 0 Å². The minimum absolute atomic E-state index is 0.214. The fraction of sp³-hybridized carbons (Fsp3) is 0.200. The maximum Gasteiger partial charge on any atom is 0.0648 e. The SMILES string of the molecule is Cc1ccc(C)c(C(Br)c2cc(Br)cc(Br)c2)c1. The number of hydrogen-bond acceptors (Lipinski definition) is 0. The van der Waals surface area contributed by atoms with Gasteiger partial charge in [0.15, 0.2) is 0 Å². The Morgan fingerprint density at radius 1 is 0.889 bits per heavy atom. The van der Waals surface area contributed by atoms with Crippen LogP contribution in [0.4, 0.5) is 0 Å². The summed E-state index contributed by atoms with van der Waals surface area (Å²) in [4.78, 5) is 0.214. The summed E-state index contributed by atoms with van der Waals surface area (Å²) in [5, 5.41) is 0. The van der Waals surface area contributed by atoms with Gasteiger partial charge in [-0.15, -0.1) is 0 Å². The highest BCUT2D eigenvalue weighted by Gasteiger charge is 2.14. The topological polar surface area (TPSA) is 0 Å². The minimum Gasteiger partial charge on any atom is -0.0786 e. The van der Waals surface area contributed by atoms with Gasteiger partial charge in [-0.25, -0.2) is 0 Å². The molecule has 0 saturated heterocycles. The molecule has 0 aromatic heterocycles. The fourth-order valence-corrected chi connectivity index (χ4v) is 4.02. The van der Waals surface area contributed by atoms with Crippen LogP contribution in [0, 0.1) is 13.8 Å². The summed E-state index contributed by atoms with van der Waals surface area (Å²) in [6.07, 6.45) is 0. The number of halogens is 3. The molecule has 0 radical (unpaired) electrons. The molecule has 0 heterocycles. The molecule has 18 heavy (non-hydrogen) atoms. The zero-order chi connectivity index (χ0) is 13.3. The lowest BCUT2D eigenvalue weighted by molar-refractivity contribution is 1.13. The molecule has 2 aromatic carbocycles. The second-order valence-corrected chi connectivity index (χ2v) is 7.17. The molecule has 0 aliphatic rings. The smallest absolute Gasteiger partial charge is 0.0648 e. The lowest BCUT2D eigenvalue weighted by Crippen LogP contribution is -1.97. The predicted octanol–water partition coefficient (Wildman–Crippen LogP) is 6.31. The van der Waals surface area contributed by atoms with Gasteiger partial charge >= 0.3 is 0 Å². The molecule has 0 spiro atoms. The van der Waals surface area contributed by atoms with E-state index in [9.17, 15) is 0 Å². The van der Waals surface area contributed by atoms with Crippen molar-refractivity contribution in [2.75, 3.05) is 0 Å². The largest absolute Gasteiger partial charge is 0.0786 e. The molecule has 0 N–H and O–H groups in total. The quantitative estimate of drug-likeness (QED) is 0.487. The van der Waals surface area contributed by atoms with Gasteiger partial charge in [0.05, 0.1) is 4.83 Å². The van der Waals surface area contributed by atoms with E-state index in [0.29, 0.717) is 0 Å². The molecular weight excluding hydrogens is 420 g/mol. The summed E-state index contributed by atoms with van der Waals surface area (Å²) >= 11 is 10.9. The van der Waals surface area contributed by atoms with Crippen molar-refractivity contribution in [3.05, 3.63) is 67.6 Å². The van der Waals surface area contributed by atoms with Crippen LogP contribution in [0.3, 0.4) is 0 Å². The third kappa shape index (κ3) is 3.25. The van der Waals surface area contributed by atoms with Crippen LogP contribution in [0.1, 0.15) is 27.1 Å². The molecule has 0 saturated carbocycles. The standard InChI is InChI=1S/C15H13Br3/c1-9-3-4-10(2)14(5-9)15(18)11-6-12(16)8-13(17)7-11/h3-8,15H,1-2H3. The Morgan fingerprint density at radius 3 is 2.11 bits per heavy atom. The Morgan fingerprint density at radius 2 is 1.50 bits per heavy atom. The maximum absolute atomic E-state index is 3.81. The van der Waals surface area contributed by atoms with Gasteiger partial charge in [-0.1, -0.05) is 71.6 Å². The van der Waals surface area contributed by atoms with Gasteiger partial charge in [0.25, 0.3) is 0 Å². The summed E-state index contributed by atoms with van der Waals surface area (Å²) < 4.78 is 2.17. The molecule has 94 valence electrons. The number of alkyl halides is 1. The summed E-state index contributed by atoms with van der Waals surface area (Å²) in [6, 6.07) is 12.9. The van der Waals surface area contributed by atoms with Crippen molar-refractivity contribution in [3.63, 3.8) is 0 Å². The van der Waals surface area contributed by atoms with E-state index in [4.69, 9.17) is 0 Å². The Bertz CT molecular complexity index is 556. The Labute approximate surface area is 133 Å². The average Bonchev–Trinajstić information content (AvgIpc) is 2.30. The molecule has 0 fully saturated rings. The van der Waals surface area contributed by atoms with Crippen LogP contribution >= 0.6 is 47.8 Å². The van der Waals surface area contributed by atoms with Gasteiger partial charge < -0.3 is 0 Å². The van der Waals surface area contributed by atoms with Crippen LogP contribution in [-0.2, 0) is 0 Å². The van der Waals surface area contributed by atoms with Gasteiger partial charge in [-0.3, -0.25) is 0 Å². The molecule has 1 unspecified atom stereocenters. The van der Waals surface area contributed by atoms with Crippen molar-refractivity contribution >= 4 is 47.8 Å². The summed E-state index contributed by atoms with van der Waals surface area (Å²) in [6.45, 7) is 4.27. The van der Waals surface area contributed by atoms with Crippen molar-refractivity contribution < 1.29 is 0 Å². The van der Waals surface area contributed by atoms with Crippen molar-refractivity contribution in [2.45, 2.75) is 18.7 Å². The summed E-state index contributed by atoms with van der Waals surface area (Å²) in [5.74, 6) is 0. The molecule has 0 aliphatic heterocycles.